The van der Waals surface area contributed by atoms with Crippen LogP contribution in [0.5, 0.6) is 0 Å². The van der Waals surface area contributed by atoms with Crippen LogP contribution in [0.1, 0.15) is 22.3 Å². The van der Waals surface area contributed by atoms with Crippen molar-refractivity contribution in [1.82, 2.24) is 5.32 Å². The summed E-state index contributed by atoms with van der Waals surface area (Å²) in [5.74, 6) is 0.735. The molecule has 0 radical (unpaired) electrons. The molecule has 0 atom stereocenters. The van der Waals surface area contributed by atoms with E-state index in [1.165, 1.54) is 27.5 Å². The van der Waals surface area contributed by atoms with E-state index >= 15 is 0 Å². The highest BCUT2D eigenvalue weighted by molar-refractivity contribution is 6.19. The molecule has 0 aromatic heterocycles. The number of hydrogen-bond acceptors (Lipinski definition) is 2. The largest absolute Gasteiger partial charge is 0.356 e. The van der Waals surface area contributed by atoms with Gasteiger partial charge in [-0.15, -0.1) is 11.6 Å². The number of hydrogen-bond donors (Lipinski definition) is 1. The third-order valence-corrected chi connectivity index (χ3v) is 4.69. The molecule has 0 heterocycles. The van der Waals surface area contributed by atoms with E-state index in [0.717, 1.165) is 17.1 Å². The molecular formula is C22H22ClN3. The summed E-state index contributed by atoms with van der Waals surface area (Å²) in [7, 11) is 0. The predicted molar refractivity (Wildman–Crippen MR) is 113 cm³/mol. The lowest BCUT2D eigenvalue weighted by molar-refractivity contribution is 1.02. The normalized spacial score (nSPS) is 11.6. The second kappa shape index (κ2) is 8.15. The molecule has 1 N–H and O–H groups in total. The Morgan fingerprint density at radius 1 is 1.04 bits per heavy atom. The number of alkyl halides is 1. The van der Waals surface area contributed by atoms with Gasteiger partial charge in [0.25, 0.3) is 0 Å². The Morgan fingerprint density at radius 3 is 2.54 bits per heavy atom. The molecule has 0 fully saturated rings. The lowest BCUT2D eigenvalue weighted by Gasteiger charge is -2.13. The molecule has 0 spiro atoms. The van der Waals surface area contributed by atoms with Crippen LogP contribution in [0, 0.1) is 13.8 Å². The van der Waals surface area contributed by atoms with Crippen LogP contribution in [0.2, 0.25) is 0 Å². The van der Waals surface area contributed by atoms with E-state index in [-0.39, 0.29) is 6.00 Å². The lowest BCUT2D eigenvalue weighted by Crippen LogP contribution is -2.23. The maximum absolute atomic E-state index is 5.95. The molecule has 3 rings (SSSR count). The first-order chi connectivity index (χ1) is 12.6. The average molecular weight is 364 g/mol. The fourth-order valence-corrected chi connectivity index (χ4v) is 3.14. The first-order valence-corrected chi connectivity index (χ1v) is 9.06. The van der Waals surface area contributed by atoms with E-state index in [1.54, 1.807) is 0 Å². The van der Waals surface area contributed by atoms with Gasteiger partial charge in [0.1, 0.15) is 5.84 Å². The molecule has 132 valence electrons. The summed E-state index contributed by atoms with van der Waals surface area (Å²) in [6.07, 6.45) is 0. The standard InChI is InChI=1S/C22H22ClN3/c1-15-11-20(21(24-3)12-16(15)2)22(26-14-23)25-13-18-9-6-8-17-7-4-5-10-19(17)18/h4-12H,3,13-14H2,1-2H3,(H,25,26). The first kappa shape index (κ1) is 18.2. The summed E-state index contributed by atoms with van der Waals surface area (Å²) in [5, 5.41) is 5.59. The van der Waals surface area contributed by atoms with Crippen molar-refractivity contribution in [3.05, 3.63) is 76.9 Å². The molecule has 3 aromatic carbocycles. The van der Waals surface area contributed by atoms with Crippen LogP contribution in [0.15, 0.2) is 64.6 Å². The van der Waals surface area contributed by atoms with Gasteiger partial charge in [-0.2, -0.15) is 0 Å². The number of benzene rings is 3. The highest BCUT2D eigenvalue weighted by Gasteiger charge is 2.11. The van der Waals surface area contributed by atoms with Gasteiger partial charge in [-0.05, 0) is 60.2 Å². The molecule has 0 aliphatic carbocycles. The number of rotatable bonds is 5. The van der Waals surface area contributed by atoms with Crippen molar-refractivity contribution in [1.29, 1.82) is 0 Å². The quantitative estimate of drug-likeness (QED) is 0.275. The molecular weight excluding hydrogens is 342 g/mol. The zero-order chi connectivity index (χ0) is 18.5. The molecule has 3 aromatic rings. The molecule has 0 amide bonds. The Morgan fingerprint density at radius 2 is 1.77 bits per heavy atom. The van der Waals surface area contributed by atoms with E-state index in [1.807, 2.05) is 12.1 Å². The second-order valence-electron chi connectivity index (χ2n) is 6.23. The smallest absolute Gasteiger partial charge is 0.131 e. The molecule has 0 unspecified atom stereocenters. The van der Waals surface area contributed by atoms with Crippen molar-refractivity contribution in [3.8, 4) is 0 Å². The number of nitrogens with one attached hydrogen (secondary N) is 1. The Hall–Kier alpha value is -2.65. The van der Waals surface area contributed by atoms with Crippen molar-refractivity contribution >= 4 is 40.6 Å². The van der Waals surface area contributed by atoms with Crippen LogP contribution in [0.3, 0.4) is 0 Å². The van der Waals surface area contributed by atoms with E-state index in [2.05, 4.69) is 73.3 Å². The van der Waals surface area contributed by atoms with Gasteiger partial charge in [0.05, 0.1) is 18.2 Å². The SMILES string of the molecule is C=Nc1cc(C)c(C)cc1C(=NCc1cccc2ccccc12)NCCl. The monoisotopic (exact) mass is 363 g/mol. The molecule has 26 heavy (non-hydrogen) atoms. The number of nitrogens with zero attached hydrogens (tertiary/aromatic N) is 2. The fraction of sp³-hybridized carbons (Fsp3) is 0.182. The van der Waals surface area contributed by atoms with Gasteiger partial charge >= 0.3 is 0 Å². The minimum absolute atomic E-state index is 0.276. The first-order valence-electron chi connectivity index (χ1n) is 8.53. The summed E-state index contributed by atoms with van der Waals surface area (Å²) >= 11 is 5.95. The van der Waals surface area contributed by atoms with E-state index in [0.29, 0.717) is 6.54 Å². The molecule has 3 nitrogen and oxygen atoms in total. The summed E-state index contributed by atoms with van der Waals surface area (Å²) in [6, 6.07) is 19.0. The highest BCUT2D eigenvalue weighted by Crippen LogP contribution is 2.25. The van der Waals surface area contributed by atoms with Crippen molar-refractivity contribution < 1.29 is 0 Å². The van der Waals surface area contributed by atoms with Gasteiger partial charge in [-0.3, -0.25) is 9.98 Å². The summed E-state index contributed by atoms with van der Waals surface area (Å²) in [6.45, 7) is 8.40. The zero-order valence-electron chi connectivity index (χ0n) is 15.1. The molecule has 4 heteroatoms. The van der Waals surface area contributed by atoms with E-state index in [4.69, 9.17) is 16.6 Å². The van der Waals surface area contributed by atoms with Gasteiger partial charge in [0.15, 0.2) is 0 Å². The van der Waals surface area contributed by atoms with Crippen LogP contribution >= 0.6 is 11.6 Å². The molecule has 0 saturated carbocycles. The van der Waals surface area contributed by atoms with Crippen molar-refractivity contribution in [2.24, 2.45) is 9.98 Å². The Bertz CT molecular complexity index is 971. The van der Waals surface area contributed by atoms with Gasteiger partial charge in [-0.1, -0.05) is 42.5 Å². The van der Waals surface area contributed by atoms with Crippen LogP contribution < -0.4 is 5.32 Å². The Kier molecular flexibility index (Phi) is 5.69. The summed E-state index contributed by atoms with van der Waals surface area (Å²) in [5.41, 5.74) is 5.26. The lowest BCUT2D eigenvalue weighted by atomic mass is 10.0. The Balaban J connectivity index is 2.03. The third kappa shape index (κ3) is 3.78. The van der Waals surface area contributed by atoms with Crippen molar-refractivity contribution in [2.75, 3.05) is 6.00 Å². The van der Waals surface area contributed by atoms with Gasteiger partial charge in [-0.25, -0.2) is 0 Å². The number of aryl methyl sites for hydroxylation is 2. The van der Waals surface area contributed by atoms with Crippen LogP contribution in [0.4, 0.5) is 5.69 Å². The van der Waals surface area contributed by atoms with Crippen LogP contribution in [-0.4, -0.2) is 18.6 Å². The van der Waals surface area contributed by atoms with E-state index in [9.17, 15) is 0 Å². The topological polar surface area (TPSA) is 36.8 Å². The molecule has 0 aliphatic rings. The highest BCUT2D eigenvalue weighted by atomic mass is 35.5. The molecule has 0 aliphatic heterocycles. The second-order valence-corrected chi connectivity index (χ2v) is 6.49. The van der Waals surface area contributed by atoms with E-state index < -0.39 is 0 Å². The van der Waals surface area contributed by atoms with Gasteiger partial charge in [0, 0.05) is 5.56 Å². The Labute approximate surface area is 159 Å². The fourth-order valence-electron chi connectivity index (χ4n) is 3.02. The van der Waals surface area contributed by atoms with Crippen molar-refractivity contribution in [2.45, 2.75) is 20.4 Å². The number of fused-ring (bicyclic) bond motifs is 1. The summed E-state index contributed by atoms with van der Waals surface area (Å²) in [4.78, 5) is 8.98. The number of amidine groups is 1. The molecule has 0 saturated heterocycles. The minimum atomic E-state index is 0.276. The maximum atomic E-state index is 5.95. The van der Waals surface area contributed by atoms with Gasteiger partial charge < -0.3 is 5.32 Å². The third-order valence-electron chi connectivity index (χ3n) is 4.56. The predicted octanol–water partition coefficient (Wildman–Crippen LogP) is 5.52. The summed E-state index contributed by atoms with van der Waals surface area (Å²) < 4.78 is 0. The molecule has 0 bridgehead atoms. The van der Waals surface area contributed by atoms with Crippen LogP contribution in [0.25, 0.3) is 10.8 Å². The number of aliphatic imine (C=N–C) groups is 2. The van der Waals surface area contributed by atoms with Crippen molar-refractivity contribution in [3.63, 3.8) is 0 Å². The minimum Gasteiger partial charge on any atom is -0.356 e. The van der Waals surface area contributed by atoms with Gasteiger partial charge in [0.2, 0.25) is 0 Å². The average Bonchev–Trinajstić information content (AvgIpc) is 2.67. The van der Waals surface area contributed by atoms with Crippen LogP contribution in [-0.2, 0) is 6.54 Å². The maximum Gasteiger partial charge on any atom is 0.131 e. The zero-order valence-corrected chi connectivity index (χ0v) is 15.8. The number of halogens is 1.